The Kier molecular flexibility index (Phi) is 8.02. The number of carbonyl (C=O) groups is 1. The number of aryl methyl sites for hydroxylation is 1. The Morgan fingerprint density at radius 1 is 1.26 bits per heavy atom. The van der Waals surface area contributed by atoms with Crippen molar-refractivity contribution in [3.05, 3.63) is 52.9 Å². The number of allylic oxidation sites excluding steroid dienone is 2. The molecule has 0 aliphatic carbocycles. The van der Waals surface area contributed by atoms with Crippen molar-refractivity contribution < 1.29 is 4.79 Å². The number of pyridine rings is 1. The van der Waals surface area contributed by atoms with Gasteiger partial charge in [-0.2, -0.15) is 0 Å². The number of fused-ring (bicyclic) bond motifs is 1. The Labute approximate surface area is 202 Å². The minimum Gasteiger partial charge on any atom is -0.352 e. The molecule has 0 radical (unpaired) electrons. The van der Waals surface area contributed by atoms with Crippen molar-refractivity contribution in [3.8, 4) is 0 Å². The first-order valence-corrected chi connectivity index (χ1v) is 12.1. The number of carbonyl (C=O) groups excluding carboxylic acids is 1. The van der Waals surface area contributed by atoms with Crippen molar-refractivity contribution in [3.63, 3.8) is 0 Å². The van der Waals surface area contributed by atoms with E-state index >= 15 is 0 Å². The minimum absolute atomic E-state index is 0.0723. The molecule has 3 heterocycles. The van der Waals surface area contributed by atoms with Gasteiger partial charge < -0.3 is 10.2 Å². The molecule has 0 bridgehead atoms. The van der Waals surface area contributed by atoms with Gasteiger partial charge in [0.1, 0.15) is 5.82 Å². The van der Waals surface area contributed by atoms with Gasteiger partial charge in [0.05, 0.1) is 17.4 Å². The maximum Gasteiger partial charge on any atom is 0.217 e. The highest BCUT2D eigenvalue weighted by Crippen LogP contribution is 2.37. The number of hydrogen-bond donors (Lipinski definition) is 1. The molecule has 1 atom stereocenters. The average molecular weight is 464 g/mol. The van der Waals surface area contributed by atoms with Gasteiger partial charge in [-0.05, 0) is 64.7 Å². The van der Waals surface area contributed by atoms with Gasteiger partial charge in [-0.25, -0.2) is 4.99 Å². The van der Waals surface area contributed by atoms with Gasteiger partial charge >= 0.3 is 0 Å². The van der Waals surface area contributed by atoms with Crippen LogP contribution in [0.5, 0.6) is 0 Å². The maximum absolute atomic E-state index is 11.6. The standard InChI is InChI=1S/C26H37N7O/c1-9-17(6)24(21-12-13-27-14-20(21)15-28-19(8)34)29-25-22(10-2)33-18(7)30-31-26(33)23(11-3)32(25)16(4)5/h10,12-14,16,23H,9,11,15H2,1-8H3,(H,28,34). The van der Waals surface area contributed by atoms with E-state index in [2.05, 4.69) is 70.7 Å². The van der Waals surface area contributed by atoms with Gasteiger partial charge in [0.15, 0.2) is 11.7 Å². The molecule has 1 N–H and O–H groups in total. The number of aliphatic imine (C=N–C) groups is 1. The summed E-state index contributed by atoms with van der Waals surface area (Å²) in [5, 5.41) is 11.8. The molecular formula is C26H37N7O. The first-order chi connectivity index (χ1) is 16.2. The lowest BCUT2D eigenvalue weighted by atomic mass is 10.0. The number of amides is 1. The van der Waals surface area contributed by atoms with Crippen LogP contribution in [-0.4, -0.2) is 42.4 Å². The van der Waals surface area contributed by atoms with Crippen molar-refractivity contribution >= 4 is 23.1 Å². The zero-order valence-electron chi connectivity index (χ0n) is 21.7. The van der Waals surface area contributed by atoms with Crippen molar-refractivity contribution in [2.75, 3.05) is 0 Å². The van der Waals surface area contributed by atoms with Gasteiger partial charge in [0, 0.05) is 37.5 Å². The van der Waals surface area contributed by atoms with Crippen molar-refractivity contribution in [2.24, 2.45) is 4.99 Å². The maximum atomic E-state index is 11.6. The molecule has 34 heavy (non-hydrogen) atoms. The molecule has 3 rings (SSSR count). The van der Waals surface area contributed by atoms with Gasteiger partial charge in [-0.3, -0.25) is 14.3 Å². The molecule has 0 spiro atoms. The number of nitrogens with zero attached hydrogens (tertiary/aromatic N) is 6. The van der Waals surface area contributed by atoms with E-state index in [1.165, 1.54) is 12.5 Å². The molecule has 8 heteroatoms. The van der Waals surface area contributed by atoms with Crippen molar-refractivity contribution in [2.45, 2.75) is 86.9 Å². The Morgan fingerprint density at radius 3 is 2.59 bits per heavy atom. The highest BCUT2D eigenvalue weighted by Gasteiger charge is 2.37. The van der Waals surface area contributed by atoms with E-state index in [1.54, 1.807) is 6.20 Å². The van der Waals surface area contributed by atoms with Gasteiger partial charge in [0.2, 0.25) is 5.91 Å². The normalized spacial score (nSPS) is 19.0. The van der Waals surface area contributed by atoms with E-state index in [4.69, 9.17) is 4.99 Å². The Morgan fingerprint density at radius 2 is 2.00 bits per heavy atom. The Balaban J connectivity index is 2.28. The second kappa shape index (κ2) is 10.8. The number of hydrogen-bond acceptors (Lipinski definition) is 5. The molecule has 182 valence electrons. The first-order valence-electron chi connectivity index (χ1n) is 12.1. The fraction of sp³-hybridized carbons (Fsp3) is 0.500. The van der Waals surface area contributed by atoms with Crippen LogP contribution in [0, 0.1) is 6.92 Å². The minimum atomic E-state index is -0.0743. The smallest absolute Gasteiger partial charge is 0.217 e. The number of amidine groups is 1. The second-order valence-corrected chi connectivity index (χ2v) is 8.90. The molecule has 0 aromatic carbocycles. The third kappa shape index (κ3) is 4.81. The van der Waals surface area contributed by atoms with Crippen LogP contribution in [0.15, 0.2) is 35.1 Å². The second-order valence-electron chi connectivity index (χ2n) is 8.90. The van der Waals surface area contributed by atoms with Gasteiger partial charge in [-0.1, -0.05) is 19.9 Å². The van der Waals surface area contributed by atoms with Gasteiger partial charge in [-0.15, -0.1) is 10.2 Å². The van der Waals surface area contributed by atoms with Crippen LogP contribution in [0.1, 0.15) is 90.1 Å². The van der Waals surface area contributed by atoms with E-state index in [0.717, 1.165) is 52.8 Å². The fourth-order valence-corrected chi connectivity index (χ4v) is 4.43. The molecule has 0 saturated carbocycles. The van der Waals surface area contributed by atoms with Crippen molar-refractivity contribution in [1.82, 2.24) is 30.0 Å². The third-order valence-electron chi connectivity index (χ3n) is 6.25. The summed E-state index contributed by atoms with van der Waals surface area (Å²) in [5.74, 6) is 2.64. The van der Waals surface area contributed by atoms with Crippen LogP contribution in [-0.2, 0) is 11.3 Å². The number of nitrogens with one attached hydrogen (secondary N) is 1. The summed E-state index contributed by atoms with van der Waals surface area (Å²) in [4.78, 5) is 23.6. The fourth-order valence-electron chi connectivity index (χ4n) is 4.43. The monoisotopic (exact) mass is 463 g/mol. The summed E-state index contributed by atoms with van der Waals surface area (Å²) in [6.07, 6.45) is 7.42. The highest BCUT2D eigenvalue weighted by atomic mass is 16.1. The molecule has 1 aliphatic heterocycles. The molecule has 2 aromatic rings. The lowest BCUT2D eigenvalue weighted by molar-refractivity contribution is -0.119. The zero-order valence-corrected chi connectivity index (χ0v) is 21.7. The average Bonchev–Trinajstić information content (AvgIpc) is 3.20. The molecule has 1 unspecified atom stereocenters. The third-order valence-corrected chi connectivity index (χ3v) is 6.25. The van der Waals surface area contributed by atoms with Crippen LogP contribution < -0.4 is 5.32 Å². The molecule has 0 fully saturated rings. The molecule has 2 aromatic heterocycles. The summed E-state index contributed by atoms with van der Waals surface area (Å²) >= 11 is 0. The molecular weight excluding hydrogens is 426 g/mol. The van der Waals surface area contributed by atoms with E-state index in [-0.39, 0.29) is 18.0 Å². The Bertz CT molecular complexity index is 1140. The summed E-state index contributed by atoms with van der Waals surface area (Å²) in [6.45, 7) is 16.8. The SMILES string of the molecule is CC=C1C(=NC(=C(C)CC)c2ccncc2CNC(C)=O)N(C(C)C)C(CC)c2nnc(C)n21. The lowest BCUT2D eigenvalue weighted by Gasteiger charge is -2.42. The van der Waals surface area contributed by atoms with Crippen LogP contribution in [0.2, 0.25) is 0 Å². The lowest BCUT2D eigenvalue weighted by Crippen LogP contribution is -2.46. The van der Waals surface area contributed by atoms with Crippen LogP contribution in [0.4, 0.5) is 0 Å². The van der Waals surface area contributed by atoms with Crippen LogP contribution in [0.3, 0.4) is 0 Å². The number of rotatable bonds is 7. The van der Waals surface area contributed by atoms with E-state index in [1.807, 2.05) is 26.1 Å². The molecule has 0 saturated heterocycles. The van der Waals surface area contributed by atoms with E-state index in [0.29, 0.717) is 6.54 Å². The molecule has 1 amide bonds. The molecule has 8 nitrogen and oxygen atoms in total. The van der Waals surface area contributed by atoms with E-state index < -0.39 is 0 Å². The van der Waals surface area contributed by atoms with Crippen LogP contribution in [0.25, 0.3) is 11.4 Å². The van der Waals surface area contributed by atoms with Gasteiger partial charge in [0.25, 0.3) is 0 Å². The quantitative estimate of drug-likeness (QED) is 0.631. The van der Waals surface area contributed by atoms with Crippen molar-refractivity contribution in [1.29, 1.82) is 0 Å². The summed E-state index contributed by atoms with van der Waals surface area (Å²) < 4.78 is 2.13. The summed E-state index contributed by atoms with van der Waals surface area (Å²) in [5.41, 5.74) is 4.98. The summed E-state index contributed by atoms with van der Waals surface area (Å²) in [6, 6.07) is 2.27. The predicted octanol–water partition coefficient (Wildman–Crippen LogP) is 4.89. The zero-order chi connectivity index (χ0) is 25.0. The number of aromatic nitrogens is 4. The first kappa shape index (κ1) is 25.3. The van der Waals surface area contributed by atoms with Crippen LogP contribution >= 0.6 is 0 Å². The molecule has 1 aliphatic rings. The topological polar surface area (TPSA) is 88.3 Å². The Hall–Kier alpha value is -3.29. The van der Waals surface area contributed by atoms with E-state index in [9.17, 15) is 4.79 Å². The largest absolute Gasteiger partial charge is 0.352 e. The summed E-state index contributed by atoms with van der Waals surface area (Å²) in [7, 11) is 0. The highest BCUT2D eigenvalue weighted by molar-refractivity contribution is 6.20. The predicted molar refractivity (Wildman–Crippen MR) is 137 cm³/mol.